The second-order valence-electron chi connectivity index (χ2n) is 8.40. The average molecular weight is 484 g/mol. The number of nitrogens with zero attached hydrogens (tertiary/aromatic N) is 2. The average Bonchev–Trinajstić information content (AvgIpc) is 3.37. The molecule has 0 aliphatic heterocycles. The first-order chi connectivity index (χ1) is 15.9. The maximum absolute atomic E-state index is 13.4. The Morgan fingerprint density at radius 3 is 2.64 bits per heavy atom. The molecular formula is C25H31N4O2S2+. The molecule has 1 aromatic carbocycles. The van der Waals surface area contributed by atoms with Gasteiger partial charge in [0.05, 0.1) is 5.75 Å². The van der Waals surface area contributed by atoms with E-state index in [2.05, 4.69) is 35.6 Å². The summed E-state index contributed by atoms with van der Waals surface area (Å²) >= 11 is 3.03. The SMILES string of the molecule is C=C(C)Cn1c(SCC(=O)Nc2ccc(N(CC)CC)cc2)[nH+]c2sc3c(c2c1=O)CCC3. The van der Waals surface area contributed by atoms with Crippen LogP contribution in [0.3, 0.4) is 0 Å². The van der Waals surface area contributed by atoms with Crippen molar-refractivity contribution < 1.29 is 9.78 Å². The van der Waals surface area contributed by atoms with Crippen LogP contribution >= 0.6 is 23.1 Å². The quantitative estimate of drug-likeness (QED) is 0.276. The van der Waals surface area contributed by atoms with Gasteiger partial charge < -0.3 is 10.2 Å². The van der Waals surface area contributed by atoms with Gasteiger partial charge >= 0.3 is 10.7 Å². The summed E-state index contributed by atoms with van der Waals surface area (Å²) in [4.78, 5) is 33.9. The van der Waals surface area contributed by atoms with E-state index in [-0.39, 0.29) is 17.2 Å². The van der Waals surface area contributed by atoms with Gasteiger partial charge in [-0.2, -0.15) is 4.57 Å². The van der Waals surface area contributed by atoms with Crippen LogP contribution in [0.2, 0.25) is 0 Å². The Labute approximate surface area is 202 Å². The minimum atomic E-state index is -0.105. The molecule has 3 aromatic rings. The van der Waals surface area contributed by atoms with E-state index in [1.165, 1.54) is 22.2 Å². The van der Waals surface area contributed by atoms with Crippen LogP contribution in [0.1, 0.15) is 37.6 Å². The van der Waals surface area contributed by atoms with Crippen LogP contribution in [0.25, 0.3) is 10.2 Å². The van der Waals surface area contributed by atoms with E-state index < -0.39 is 0 Å². The fourth-order valence-electron chi connectivity index (χ4n) is 4.31. The first-order valence-corrected chi connectivity index (χ1v) is 13.2. The highest BCUT2D eigenvalue weighted by Crippen LogP contribution is 2.34. The van der Waals surface area contributed by atoms with Crippen molar-refractivity contribution in [2.45, 2.75) is 51.7 Å². The van der Waals surface area contributed by atoms with Crippen LogP contribution in [0, 0.1) is 0 Å². The molecule has 0 spiro atoms. The minimum Gasteiger partial charge on any atom is -0.372 e. The number of H-pyrrole nitrogens is 1. The third-order valence-corrected chi connectivity index (χ3v) is 8.10. The van der Waals surface area contributed by atoms with Gasteiger partial charge in [-0.25, -0.2) is 9.78 Å². The monoisotopic (exact) mass is 483 g/mol. The van der Waals surface area contributed by atoms with Gasteiger partial charge in [-0.3, -0.25) is 4.79 Å². The van der Waals surface area contributed by atoms with Gasteiger partial charge in [0.25, 0.3) is 0 Å². The molecule has 0 unspecified atom stereocenters. The first kappa shape index (κ1) is 23.6. The zero-order valence-corrected chi connectivity index (χ0v) is 21.1. The van der Waals surface area contributed by atoms with Crippen LogP contribution in [0.4, 0.5) is 11.4 Å². The van der Waals surface area contributed by atoms with Crippen LogP contribution < -0.4 is 20.8 Å². The van der Waals surface area contributed by atoms with Crippen LogP contribution in [0.15, 0.2) is 46.4 Å². The van der Waals surface area contributed by atoms with Crippen LogP contribution in [-0.2, 0) is 24.2 Å². The lowest BCUT2D eigenvalue weighted by Crippen LogP contribution is -2.30. The maximum Gasteiger partial charge on any atom is 0.347 e. The molecule has 8 heteroatoms. The van der Waals surface area contributed by atoms with Crippen molar-refractivity contribution in [1.82, 2.24) is 4.57 Å². The second-order valence-corrected chi connectivity index (χ2v) is 10.5. The van der Waals surface area contributed by atoms with Crippen molar-refractivity contribution in [3.63, 3.8) is 0 Å². The molecule has 0 radical (unpaired) electrons. The van der Waals surface area contributed by atoms with Crippen molar-refractivity contribution in [3.8, 4) is 0 Å². The minimum absolute atomic E-state index is 0.0149. The molecule has 0 bridgehead atoms. The number of amides is 1. The van der Waals surface area contributed by atoms with E-state index in [0.717, 1.165) is 59.5 Å². The molecule has 0 saturated carbocycles. The Bertz CT molecular complexity index is 1240. The van der Waals surface area contributed by atoms with Gasteiger partial charge in [0.2, 0.25) is 5.91 Å². The normalized spacial score (nSPS) is 12.7. The largest absolute Gasteiger partial charge is 0.372 e. The second kappa shape index (κ2) is 10.1. The number of thiophene rings is 1. The van der Waals surface area contributed by atoms with E-state index >= 15 is 0 Å². The van der Waals surface area contributed by atoms with Crippen molar-refractivity contribution in [3.05, 3.63) is 57.2 Å². The number of carbonyl (C=O) groups is 1. The number of benzene rings is 1. The summed E-state index contributed by atoms with van der Waals surface area (Å²) < 4.78 is 1.73. The summed E-state index contributed by atoms with van der Waals surface area (Å²) in [6.45, 7) is 12.5. The number of carbonyl (C=O) groups excluding carboxylic acids is 1. The zero-order chi connectivity index (χ0) is 23.5. The standard InChI is InChI=1S/C25H30N4O2S2/c1-5-28(6-2)18-12-10-17(11-13-18)26-21(30)15-32-25-27-23-22(19-8-7-9-20(19)33-23)24(31)29(25)14-16(3)4/h10-13H,3,5-9,14-15H2,1-2,4H3,(H,26,30)/p+1. The molecule has 0 atom stereocenters. The van der Waals surface area contributed by atoms with E-state index in [1.54, 1.807) is 15.9 Å². The molecule has 2 N–H and O–H groups in total. The Kier molecular flexibility index (Phi) is 7.24. The van der Waals surface area contributed by atoms with Crippen LogP contribution in [0.5, 0.6) is 0 Å². The third-order valence-electron chi connectivity index (χ3n) is 5.89. The fraction of sp³-hybridized carbons (Fsp3) is 0.400. The Hall–Kier alpha value is -2.58. The molecule has 0 fully saturated rings. The van der Waals surface area contributed by atoms with E-state index in [9.17, 15) is 9.59 Å². The number of rotatable bonds is 9. The Balaban J connectivity index is 1.51. The number of aromatic nitrogens is 2. The number of thioether (sulfide) groups is 1. The molecule has 4 rings (SSSR count). The predicted octanol–water partition coefficient (Wildman–Crippen LogP) is 4.52. The predicted molar refractivity (Wildman–Crippen MR) is 139 cm³/mol. The lowest BCUT2D eigenvalue weighted by molar-refractivity contribution is -0.404. The number of nitrogens with one attached hydrogen (secondary N) is 2. The summed E-state index contributed by atoms with van der Waals surface area (Å²) in [5, 5.41) is 4.48. The number of hydrogen-bond donors (Lipinski definition) is 1. The summed E-state index contributed by atoms with van der Waals surface area (Å²) in [6.07, 6.45) is 3.12. The number of aromatic amines is 1. The number of hydrogen-bond acceptors (Lipinski definition) is 5. The van der Waals surface area contributed by atoms with E-state index in [0.29, 0.717) is 11.7 Å². The Morgan fingerprint density at radius 2 is 1.97 bits per heavy atom. The highest BCUT2D eigenvalue weighted by Gasteiger charge is 2.27. The number of fused-ring (bicyclic) bond motifs is 3. The van der Waals surface area contributed by atoms with E-state index in [4.69, 9.17) is 0 Å². The lowest BCUT2D eigenvalue weighted by atomic mass is 10.2. The number of allylic oxidation sites excluding steroid dienone is 1. The van der Waals surface area contributed by atoms with Crippen molar-refractivity contribution in [2.24, 2.45) is 0 Å². The molecule has 174 valence electrons. The van der Waals surface area contributed by atoms with Crippen molar-refractivity contribution in [1.29, 1.82) is 0 Å². The van der Waals surface area contributed by atoms with Crippen molar-refractivity contribution in [2.75, 3.05) is 29.1 Å². The molecular weight excluding hydrogens is 452 g/mol. The van der Waals surface area contributed by atoms with Gasteiger partial charge in [-0.1, -0.05) is 17.9 Å². The number of anilines is 2. The molecule has 2 aromatic heterocycles. The van der Waals surface area contributed by atoms with Crippen molar-refractivity contribution >= 4 is 50.6 Å². The summed E-state index contributed by atoms with van der Waals surface area (Å²) in [6, 6.07) is 7.91. The highest BCUT2D eigenvalue weighted by molar-refractivity contribution is 7.99. The van der Waals surface area contributed by atoms with Crippen LogP contribution in [-0.4, -0.2) is 29.3 Å². The van der Waals surface area contributed by atoms with Gasteiger partial charge in [0.1, 0.15) is 11.9 Å². The summed E-state index contributed by atoms with van der Waals surface area (Å²) in [5.41, 5.74) is 4.03. The highest BCUT2D eigenvalue weighted by atomic mass is 32.2. The van der Waals surface area contributed by atoms with Gasteiger partial charge in [0, 0.05) is 29.3 Å². The number of aryl methyl sites for hydroxylation is 2. The van der Waals surface area contributed by atoms with Gasteiger partial charge in [-0.05, 0) is 87.2 Å². The molecule has 0 saturated heterocycles. The molecule has 2 heterocycles. The fourth-order valence-corrected chi connectivity index (χ4v) is 6.48. The van der Waals surface area contributed by atoms with Gasteiger partial charge in [0.15, 0.2) is 4.83 Å². The van der Waals surface area contributed by atoms with Gasteiger partial charge in [-0.15, -0.1) is 0 Å². The zero-order valence-electron chi connectivity index (χ0n) is 19.5. The lowest BCUT2D eigenvalue weighted by Gasteiger charge is -2.21. The smallest absolute Gasteiger partial charge is 0.347 e. The topological polar surface area (TPSA) is 68.5 Å². The Morgan fingerprint density at radius 1 is 1.24 bits per heavy atom. The molecule has 1 aliphatic carbocycles. The van der Waals surface area contributed by atoms with E-state index in [1.807, 2.05) is 31.2 Å². The third kappa shape index (κ3) is 5.01. The summed E-state index contributed by atoms with van der Waals surface area (Å²) in [7, 11) is 0. The first-order valence-electron chi connectivity index (χ1n) is 11.4. The summed E-state index contributed by atoms with van der Waals surface area (Å²) in [5.74, 6) is 0.104. The molecule has 33 heavy (non-hydrogen) atoms. The molecule has 1 amide bonds. The maximum atomic E-state index is 13.4. The molecule has 1 aliphatic rings. The molecule has 6 nitrogen and oxygen atoms in total.